The molecule has 22 heavy (non-hydrogen) atoms. The third kappa shape index (κ3) is 2.32. The number of nitrogens with zero attached hydrogens (tertiary/aromatic N) is 2. The van der Waals surface area contributed by atoms with Gasteiger partial charge >= 0.3 is 0 Å². The van der Waals surface area contributed by atoms with Crippen LogP contribution in [-0.4, -0.2) is 9.55 Å². The highest BCUT2D eigenvalue weighted by atomic mass is 35.5. The minimum atomic E-state index is -0.0857. The quantitative estimate of drug-likeness (QED) is 0.733. The van der Waals surface area contributed by atoms with Crippen molar-refractivity contribution in [2.24, 2.45) is 5.92 Å². The highest BCUT2D eigenvalue weighted by molar-refractivity contribution is 6.35. The van der Waals surface area contributed by atoms with Crippen LogP contribution in [0, 0.1) is 5.92 Å². The highest BCUT2D eigenvalue weighted by Crippen LogP contribution is 2.33. The van der Waals surface area contributed by atoms with E-state index in [4.69, 9.17) is 16.6 Å². The summed E-state index contributed by atoms with van der Waals surface area (Å²) in [6, 6.07) is 15.1. The summed E-state index contributed by atoms with van der Waals surface area (Å²) in [5.41, 5.74) is 1.44. The number of fused-ring (bicyclic) bond motifs is 1. The Morgan fingerprint density at radius 1 is 1.09 bits per heavy atom. The summed E-state index contributed by atoms with van der Waals surface area (Å²) < 4.78 is 1.71. The van der Waals surface area contributed by atoms with Crippen LogP contribution >= 0.6 is 11.6 Å². The molecule has 1 aliphatic carbocycles. The first-order chi connectivity index (χ1) is 10.7. The van der Waals surface area contributed by atoms with Crippen molar-refractivity contribution < 1.29 is 0 Å². The van der Waals surface area contributed by atoms with Gasteiger partial charge in [-0.15, -0.1) is 0 Å². The maximum Gasteiger partial charge on any atom is 0.267 e. The van der Waals surface area contributed by atoms with Gasteiger partial charge in [0.05, 0.1) is 21.6 Å². The van der Waals surface area contributed by atoms with Crippen LogP contribution in [0.25, 0.3) is 16.6 Å². The van der Waals surface area contributed by atoms with Crippen molar-refractivity contribution in [1.82, 2.24) is 9.55 Å². The van der Waals surface area contributed by atoms with Gasteiger partial charge in [-0.05, 0) is 43.0 Å². The number of aromatic nitrogens is 2. The van der Waals surface area contributed by atoms with Crippen LogP contribution in [0.5, 0.6) is 0 Å². The lowest BCUT2D eigenvalue weighted by Crippen LogP contribution is -2.24. The molecule has 1 aliphatic rings. The SMILES string of the molecule is O=c1c2c(Cl)cccc2nc(CC2CC2)n1-c1ccccc1. The third-order valence-corrected chi connectivity index (χ3v) is 4.41. The lowest BCUT2D eigenvalue weighted by Gasteiger charge is -2.14. The predicted octanol–water partition coefficient (Wildman–Crippen LogP) is 3.99. The van der Waals surface area contributed by atoms with Crippen molar-refractivity contribution in [2.45, 2.75) is 19.3 Å². The van der Waals surface area contributed by atoms with Gasteiger partial charge in [0.2, 0.25) is 0 Å². The molecule has 1 saturated carbocycles. The number of hydrogen-bond donors (Lipinski definition) is 0. The number of hydrogen-bond acceptors (Lipinski definition) is 2. The maximum atomic E-state index is 13.0. The Bertz CT molecular complexity index is 898. The van der Waals surface area contributed by atoms with Crippen LogP contribution in [0.2, 0.25) is 5.02 Å². The molecule has 3 aromatic rings. The Morgan fingerprint density at radius 2 is 1.86 bits per heavy atom. The molecular weight excluding hydrogens is 296 g/mol. The molecule has 0 N–H and O–H groups in total. The highest BCUT2D eigenvalue weighted by Gasteiger charge is 2.25. The Hall–Kier alpha value is -2.13. The molecular formula is C18H15ClN2O. The molecule has 0 spiro atoms. The molecule has 1 aromatic heterocycles. The van der Waals surface area contributed by atoms with E-state index in [2.05, 4.69) is 0 Å². The summed E-state index contributed by atoms with van der Waals surface area (Å²) in [7, 11) is 0. The first kappa shape index (κ1) is 13.5. The zero-order chi connectivity index (χ0) is 15.1. The fourth-order valence-corrected chi connectivity index (χ4v) is 3.05. The summed E-state index contributed by atoms with van der Waals surface area (Å²) in [6.07, 6.45) is 3.28. The fraction of sp³-hybridized carbons (Fsp3) is 0.222. The zero-order valence-electron chi connectivity index (χ0n) is 12.0. The zero-order valence-corrected chi connectivity index (χ0v) is 12.8. The standard InChI is InChI=1S/C18H15ClN2O/c19-14-7-4-8-15-17(14)18(22)21(13-5-2-1-3-6-13)16(20-15)11-12-9-10-12/h1-8,12H,9-11H2. The molecule has 1 fully saturated rings. The number of benzene rings is 2. The van der Waals surface area contributed by atoms with Crippen LogP contribution in [-0.2, 0) is 6.42 Å². The van der Waals surface area contributed by atoms with E-state index >= 15 is 0 Å². The molecule has 4 heteroatoms. The molecule has 0 radical (unpaired) electrons. The van der Waals surface area contributed by atoms with Crippen LogP contribution in [0.15, 0.2) is 53.3 Å². The second-order valence-corrected chi connectivity index (χ2v) is 6.19. The van der Waals surface area contributed by atoms with Gasteiger partial charge in [-0.3, -0.25) is 9.36 Å². The molecule has 4 rings (SSSR count). The molecule has 0 amide bonds. The largest absolute Gasteiger partial charge is 0.268 e. The summed E-state index contributed by atoms with van der Waals surface area (Å²) in [6.45, 7) is 0. The summed E-state index contributed by atoms with van der Waals surface area (Å²) in [4.78, 5) is 17.7. The van der Waals surface area contributed by atoms with Gasteiger partial charge in [0.1, 0.15) is 5.82 Å². The number of halogens is 1. The fourth-order valence-electron chi connectivity index (χ4n) is 2.80. The molecule has 0 atom stereocenters. The van der Waals surface area contributed by atoms with E-state index in [1.165, 1.54) is 12.8 Å². The van der Waals surface area contributed by atoms with Gasteiger partial charge in [-0.2, -0.15) is 0 Å². The smallest absolute Gasteiger partial charge is 0.267 e. The van der Waals surface area contributed by atoms with Crippen molar-refractivity contribution in [3.05, 3.63) is 69.7 Å². The normalized spacial score (nSPS) is 14.4. The molecule has 0 aliphatic heterocycles. The predicted molar refractivity (Wildman–Crippen MR) is 88.8 cm³/mol. The topological polar surface area (TPSA) is 34.9 Å². The molecule has 0 saturated heterocycles. The van der Waals surface area contributed by atoms with Gasteiger partial charge < -0.3 is 0 Å². The van der Waals surface area contributed by atoms with Crippen molar-refractivity contribution in [3.63, 3.8) is 0 Å². The Morgan fingerprint density at radius 3 is 2.59 bits per heavy atom. The third-order valence-electron chi connectivity index (χ3n) is 4.10. The van der Waals surface area contributed by atoms with Crippen LogP contribution in [0.3, 0.4) is 0 Å². The Kier molecular flexibility index (Phi) is 3.23. The molecule has 0 bridgehead atoms. The van der Waals surface area contributed by atoms with Crippen LogP contribution < -0.4 is 5.56 Å². The van der Waals surface area contributed by atoms with Crippen LogP contribution in [0.4, 0.5) is 0 Å². The van der Waals surface area contributed by atoms with Gasteiger partial charge in [0.15, 0.2) is 0 Å². The van der Waals surface area contributed by atoms with Crippen molar-refractivity contribution in [3.8, 4) is 5.69 Å². The molecule has 0 unspecified atom stereocenters. The van der Waals surface area contributed by atoms with Gasteiger partial charge in [0, 0.05) is 6.42 Å². The minimum absolute atomic E-state index is 0.0857. The van der Waals surface area contributed by atoms with E-state index in [1.807, 2.05) is 42.5 Å². The van der Waals surface area contributed by atoms with E-state index in [1.54, 1.807) is 10.6 Å². The summed E-state index contributed by atoms with van der Waals surface area (Å²) >= 11 is 6.24. The monoisotopic (exact) mass is 310 g/mol. The van der Waals surface area contributed by atoms with E-state index in [0.717, 1.165) is 17.9 Å². The van der Waals surface area contributed by atoms with E-state index in [9.17, 15) is 4.79 Å². The number of para-hydroxylation sites is 1. The lowest BCUT2D eigenvalue weighted by atomic mass is 10.2. The molecule has 110 valence electrons. The molecule has 2 aromatic carbocycles. The average Bonchev–Trinajstić information content (AvgIpc) is 3.32. The lowest BCUT2D eigenvalue weighted by molar-refractivity contribution is 0.728. The van der Waals surface area contributed by atoms with E-state index in [-0.39, 0.29) is 5.56 Å². The summed E-state index contributed by atoms with van der Waals surface area (Å²) in [5, 5.41) is 0.949. The first-order valence-corrected chi connectivity index (χ1v) is 7.87. The van der Waals surface area contributed by atoms with E-state index in [0.29, 0.717) is 21.8 Å². The van der Waals surface area contributed by atoms with Crippen molar-refractivity contribution in [2.75, 3.05) is 0 Å². The maximum absolute atomic E-state index is 13.0. The number of rotatable bonds is 3. The first-order valence-electron chi connectivity index (χ1n) is 7.49. The summed E-state index contributed by atoms with van der Waals surface area (Å²) in [5.74, 6) is 1.48. The van der Waals surface area contributed by atoms with Crippen molar-refractivity contribution >= 4 is 22.5 Å². The van der Waals surface area contributed by atoms with Crippen molar-refractivity contribution in [1.29, 1.82) is 0 Å². The minimum Gasteiger partial charge on any atom is -0.268 e. The molecule has 3 nitrogen and oxygen atoms in total. The van der Waals surface area contributed by atoms with Gasteiger partial charge in [-0.25, -0.2) is 4.98 Å². The van der Waals surface area contributed by atoms with Gasteiger partial charge in [0.25, 0.3) is 5.56 Å². The molecule has 1 heterocycles. The Labute approximate surface area is 133 Å². The van der Waals surface area contributed by atoms with Gasteiger partial charge in [-0.1, -0.05) is 35.9 Å². The second-order valence-electron chi connectivity index (χ2n) is 5.79. The average molecular weight is 311 g/mol. The Balaban J connectivity index is 2.04. The van der Waals surface area contributed by atoms with E-state index < -0.39 is 0 Å². The second kappa shape index (κ2) is 5.25. The van der Waals surface area contributed by atoms with Crippen LogP contribution in [0.1, 0.15) is 18.7 Å².